The van der Waals surface area contributed by atoms with Crippen molar-refractivity contribution in [2.45, 2.75) is 32.9 Å². The zero-order valence-electron chi connectivity index (χ0n) is 17.2. The van der Waals surface area contributed by atoms with E-state index in [0.29, 0.717) is 24.5 Å². The Bertz CT molecular complexity index is 950. The lowest BCUT2D eigenvalue weighted by molar-refractivity contribution is -0.155. The Labute approximate surface area is 171 Å². The monoisotopic (exact) mass is 393 g/mol. The summed E-state index contributed by atoms with van der Waals surface area (Å²) in [5.41, 5.74) is 2.62. The number of amides is 2. The van der Waals surface area contributed by atoms with Gasteiger partial charge in [0.1, 0.15) is 5.75 Å². The molecule has 1 unspecified atom stereocenters. The second kappa shape index (κ2) is 7.52. The third-order valence-electron chi connectivity index (χ3n) is 5.69. The van der Waals surface area contributed by atoms with Crippen LogP contribution < -0.4 is 10.1 Å². The van der Waals surface area contributed by atoms with Crippen LogP contribution in [0.4, 0.5) is 5.69 Å². The Morgan fingerprint density at radius 1 is 1.07 bits per heavy atom. The number of carbonyl (C=O) groups is 2. The van der Waals surface area contributed by atoms with E-state index in [1.54, 1.807) is 17.9 Å². The minimum atomic E-state index is -1.54. The van der Waals surface area contributed by atoms with Gasteiger partial charge in [0.2, 0.25) is 0 Å². The molecule has 6 nitrogen and oxygen atoms in total. The van der Waals surface area contributed by atoms with Gasteiger partial charge in [-0.1, -0.05) is 35.9 Å². The molecule has 0 radical (unpaired) electrons. The number of fused-ring (bicyclic) bond motifs is 1. The minimum Gasteiger partial charge on any atom is -0.466 e. The molecule has 2 aliphatic rings. The lowest BCUT2D eigenvalue weighted by Crippen LogP contribution is -2.62. The number of hydrogen-bond acceptors (Lipinski definition) is 4. The molecule has 0 saturated carbocycles. The summed E-state index contributed by atoms with van der Waals surface area (Å²) in [6, 6.07) is 14.0. The van der Waals surface area contributed by atoms with Crippen molar-refractivity contribution in [2.24, 2.45) is 0 Å². The standard InChI is InChI=1S/C23H27N3O3/c1-16-5-4-6-18(13-16)15-25-9-11-26(12-10-25)22(28)23(3)21(27)24-19-14-17(2)7-8-20(19)29-23/h4-8,13-14H,9-12,15H2,1-3H3,(H,24,27). The van der Waals surface area contributed by atoms with Crippen molar-refractivity contribution in [1.29, 1.82) is 0 Å². The van der Waals surface area contributed by atoms with E-state index in [2.05, 4.69) is 41.4 Å². The van der Waals surface area contributed by atoms with Crippen LogP contribution in [0, 0.1) is 13.8 Å². The highest BCUT2D eigenvalue weighted by Gasteiger charge is 2.49. The first-order chi connectivity index (χ1) is 13.8. The zero-order valence-corrected chi connectivity index (χ0v) is 17.2. The van der Waals surface area contributed by atoms with E-state index in [1.807, 2.05) is 19.1 Å². The summed E-state index contributed by atoms with van der Waals surface area (Å²) in [6.07, 6.45) is 0. The van der Waals surface area contributed by atoms with E-state index in [0.717, 1.165) is 25.2 Å². The van der Waals surface area contributed by atoms with E-state index in [4.69, 9.17) is 4.74 Å². The molecule has 0 aromatic heterocycles. The van der Waals surface area contributed by atoms with Crippen LogP contribution in [-0.4, -0.2) is 53.4 Å². The Morgan fingerprint density at radius 3 is 2.52 bits per heavy atom. The van der Waals surface area contributed by atoms with Crippen molar-refractivity contribution < 1.29 is 14.3 Å². The SMILES string of the molecule is Cc1cccc(CN2CCN(C(=O)C3(C)Oc4ccc(C)cc4NC3=O)CC2)c1. The average molecular weight is 393 g/mol. The number of anilines is 1. The Kier molecular flexibility index (Phi) is 5.04. The number of benzene rings is 2. The van der Waals surface area contributed by atoms with Gasteiger partial charge in [-0.3, -0.25) is 14.5 Å². The van der Waals surface area contributed by atoms with Crippen LogP contribution in [0.5, 0.6) is 5.75 Å². The van der Waals surface area contributed by atoms with E-state index in [-0.39, 0.29) is 5.91 Å². The number of hydrogen-bond donors (Lipinski definition) is 1. The van der Waals surface area contributed by atoms with Crippen LogP contribution in [0.25, 0.3) is 0 Å². The fourth-order valence-corrected chi connectivity index (χ4v) is 3.96. The zero-order chi connectivity index (χ0) is 20.6. The maximum absolute atomic E-state index is 13.2. The molecule has 2 amide bonds. The van der Waals surface area contributed by atoms with Gasteiger partial charge in [-0.2, -0.15) is 0 Å². The average Bonchev–Trinajstić information content (AvgIpc) is 2.69. The van der Waals surface area contributed by atoms with Gasteiger partial charge in [0, 0.05) is 32.7 Å². The molecule has 6 heteroatoms. The highest BCUT2D eigenvalue weighted by molar-refractivity contribution is 6.15. The molecule has 1 N–H and O–H groups in total. The molecule has 0 bridgehead atoms. The van der Waals surface area contributed by atoms with Crippen LogP contribution in [0.3, 0.4) is 0 Å². The van der Waals surface area contributed by atoms with Gasteiger partial charge < -0.3 is 15.0 Å². The maximum Gasteiger partial charge on any atom is 0.278 e. The summed E-state index contributed by atoms with van der Waals surface area (Å²) in [7, 11) is 0. The molecule has 2 aromatic rings. The third kappa shape index (κ3) is 3.85. The van der Waals surface area contributed by atoms with Gasteiger partial charge in [-0.15, -0.1) is 0 Å². The number of rotatable bonds is 3. The van der Waals surface area contributed by atoms with Crippen LogP contribution in [0.1, 0.15) is 23.6 Å². The quantitative estimate of drug-likeness (QED) is 0.815. The van der Waals surface area contributed by atoms with Gasteiger partial charge in [0.15, 0.2) is 0 Å². The topological polar surface area (TPSA) is 61.9 Å². The first-order valence-electron chi connectivity index (χ1n) is 10.0. The molecule has 1 atom stereocenters. The second-order valence-corrected chi connectivity index (χ2v) is 8.15. The van der Waals surface area contributed by atoms with Gasteiger partial charge in [-0.05, 0) is 44.0 Å². The Morgan fingerprint density at radius 2 is 1.79 bits per heavy atom. The molecule has 1 fully saturated rings. The number of nitrogens with one attached hydrogen (secondary N) is 1. The van der Waals surface area contributed by atoms with E-state index in [1.165, 1.54) is 11.1 Å². The van der Waals surface area contributed by atoms with E-state index >= 15 is 0 Å². The van der Waals surface area contributed by atoms with Crippen molar-refractivity contribution in [3.05, 3.63) is 59.2 Å². The molecule has 152 valence electrons. The summed E-state index contributed by atoms with van der Waals surface area (Å²) in [4.78, 5) is 30.0. The molecular weight excluding hydrogens is 366 g/mol. The van der Waals surface area contributed by atoms with Gasteiger partial charge in [0.05, 0.1) is 5.69 Å². The molecule has 4 rings (SSSR count). The summed E-state index contributed by atoms with van der Waals surface area (Å²) in [5, 5.41) is 2.84. The third-order valence-corrected chi connectivity index (χ3v) is 5.69. The molecule has 29 heavy (non-hydrogen) atoms. The molecule has 2 heterocycles. The number of piperazine rings is 1. The van der Waals surface area contributed by atoms with Crippen LogP contribution in [0.2, 0.25) is 0 Å². The highest BCUT2D eigenvalue weighted by atomic mass is 16.5. The predicted molar refractivity (Wildman–Crippen MR) is 112 cm³/mol. The molecule has 2 aromatic carbocycles. The lowest BCUT2D eigenvalue weighted by Gasteiger charge is -2.40. The Balaban J connectivity index is 1.41. The fourth-order valence-electron chi connectivity index (χ4n) is 3.96. The van der Waals surface area contributed by atoms with Crippen LogP contribution in [0.15, 0.2) is 42.5 Å². The molecule has 2 aliphatic heterocycles. The molecule has 0 aliphatic carbocycles. The minimum absolute atomic E-state index is 0.281. The van der Waals surface area contributed by atoms with Gasteiger partial charge >= 0.3 is 0 Å². The maximum atomic E-state index is 13.2. The molecule has 1 saturated heterocycles. The Hall–Kier alpha value is -2.86. The van der Waals surface area contributed by atoms with E-state index < -0.39 is 11.5 Å². The first kappa shape index (κ1) is 19.5. The van der Waals surface area contributed by atoms with Gasteiger partial charge in [0.25, 0.3) is 17.4 Å². The van der Waals surface area contributed by atoms with E-state index in [9.17, 15) is 9.59 Å². The van der Waals surface area contributed by atoms with Crippen LogP contribution >= 0.6 is 0 Å². The number of nitrogens with zero attached hydrogens (tertiary/aromatic N) is 2. The van der Waals surface area contributed by atoms with Crippen molar-refractivity contribution in [3.8, 4) is 5.75 Å². The van der Waals surface area contributed by atoms with Crippen molar-refractivity contribution in [3.63, 3.8) is 0 Å². The second-order valence-electron chi connectivity index (χ2n) is 8.15. The van der Waals surface area contributed by atoms with Crippen molar-refractivity contribution in [2.75, 3.05) is 31.5 Å². The number of ether oxygens (including phenoxy) is 1. The number of aryl methyl sites for hydroxylation is 2. The highest BCUT2D eigenvalue weighted by Crippen LogP contribution is 2.35. The normalized spacial score (nSPS) is 21.9. The molecule has 0 spiro atoms. The summed E-state index contributed by atoms with van der Waals surface area (Å²) < 4.78 is 5.92. The predicted octanol–water partition coefficient (Wildman–Crippen LogP) is 2.74. The van der Waals surface area contributed by atoms with Gasteiger partial charge in [-0.25, -0.2) is 0 Å². The van der Waals surface area contributed by atoms with Crippen LogP contribution in [-0.2, 0) is 16.1 Å². The first-order valence-corrected chi connectivity index (χ1v) is 10.0. The van der Waals surface area contributed by atoms with Crippen molar-refractivity contribution in [1.82, 2.24) is 9.80 Å². The van der Waals surface area contributed by atoms with Crippen molar-refractivity contribution >= 4 is 17.5 Å². The fraction of sp³-hybridized carbons (Fsp3) is 0.391. The lowest BCUT2D eigenvalue weighted by atomic mass is 9.99. The smallest absolute Gasteiger partial charge is 0.278 e. The summed E-state index contributed by atoms with van der Waals surface area (Å²) >= 11 is 0. The summed E-state index contributed by atoms with van der Waals surface area (Å²) in [5.74, 6) is -0.164. The largest absolute Gasteiger partial charge is 0.466 e. The summed E-state index contributed by atoms with van der Waals surface area (Å²) in [6.45, 7) is 9.17. The number of carbonyl (C=O) groups excluding carboxylic acids is 2. The molecular formula is C23H27N3O3.